The lowest BCUT2D eigenvalue weighted by Gasteiger charge is -2.13. The maximum Gasteiger partial charge on any atom is 0.271 e. The highest BCUT2D eigenvalue weighted by atomic mass is 79.9. The second-order valence-corrected chi connectivity index (χ2v) is 9.17. The number of carbonyl (C=O) groups excluding carboxylic acids is 2. The highest BCUT2D eigenvalue weighted by Gasteiger charge is 2.12. The second kappa shape index (κ2) is 11.2. The lowest BCUT2D eigenvalue weighted by atomic mass is 10.1. The molecular weight excluding hydrogens is 550 g/mol. The number of ether oxygens (including phenoxy) is 1. The van der Waals surface area contributed by atoms with Gasteiger partial charge in [0.2, 0.25) is 0 Å². The summed E-state index contributed by atoms with van der Waals surface area (Å²) in [5.41, 5.74) is 7.73. The molecule has 0 aliphatic heterocycles. The van der Waals surface area contributed by atoms with E-state index in [1.165, 1.54) is 6.21 Å². The molecule has 0 bridgehead atoms. The van der Waals surface area contributed by atoms with E-state index in [0.717, 1.165) is 27.9 Å². The van der Waals surface area contributed by atoms with Crippen LogP contribution in [0.15, 0.2) is 68.6 Å². The van der Waals surface area contributed by atoms with E-state index in [1.54, 1.807) is 24.3 Å². The standard InChI is InChI=1S/C25H23Br2N3O3/c1-15-7-9-19(10-8-15)25(32)30-28-13-18-11-20(26)24(21(27)12-18)33-14-23(31)29-22-6-4-5-16(2)17(22)3/h4-13H,14H2,1-3H3,(H,29,31)(H,30,32)/b28-13+. The predicted molar refractivity (Wildman–Crippen MR) is 138 cm³/mol. The molecule has 33 heavy (non-hydrogen) atoms. The van der Waals surface area contributed by atoms with Crippen molar-refractivity contribution in [3.8, 4) is 5.75 Å². The van der Waals surface area contributed by atoms with Crippen LogP contribution in [0.3, 0.4) is 0 Å². The Balaban J connectivity index is 1.59. The Morgan fingerprint density at radius 1 is 1.00 bits per heavy atom. The number of halogens is 2. The van der Waals surface area contributed by atoms with E-state index in [9.17, 15) is 9.59 Å². The van der Waals surface area contributed by atoms with Crippen LogP contribution in [0.25, 0.3) is 0 Å². The minimum atomic E-state index is -0.292. The van der Waals surface area contributed by atoms with E-state index in [-0.39, 0.29) is 18.4 Å². The van der Waals surface area contributed by atoms with Gasteiger partial charge in [0, 0.05) is 11.3 Å². The van der Waals surface area contributed by atoms with Gasteiger partial charge in [0.25, 0.3) is 11.8 Å². The minimum Gasteiger partial charge on any atom is -0.481 e. The average molecular weight is 573 g/mol. The summed E-state index contributed by atoms with van der Waals surface area (Å²) in [6, 6.07) is 16.5. The average Bonchev–Trinajstić information content (AvgIpc) is 2.77. The minimum absolute atomic E-state index is 0.148. The van der Waals surface area contributed by atoms with E-state index in [0.29, 0.717) is 20.3 Å². The molecule has 0 atom stereocenters. The summed E-state index contributed by atoms with van der Waals surface area (Å²) in [5, 5.41) is 6.89. The number of carbonyl (C=O) groups is 2. The van der Waals surface area contributed by atoms with Gasteiger partial charge < -0.3 is 10.1 Å². The summed E-state index contributed by atoms with van der Waals surface area (Å²) in [7, 11) is 0. The van der Waals surface area contributed by atoms with Gasteiger partial charge in [-0.15, -0.1) is 0 Å². The van der Waals surface area contributed by atoms with Crippen molar-refractivity contribution in [2.24, 2.45) is 5.10 Å². The highest BCUT2D eigenvalue weighted by Crippen LogP contribution is 2.34. The molecule has 8 heteroatoms. The Labute approximate surface area is 209 Å². The second-order valence-electron chi connectivity index (χ2n) is 7.46. The van der Waals surface area contributed by atoms with Crippen LogP contribution in [0.2, 0.25) is 0 Å². The van der Waals surface area contributed by atoms with Gasteiger partial charge >= 0.3 is 0 Å². The van der Waals surface area contributed by atoms with Crippen LogP contribution in [-0.4, -0.2) is 24.6 Å². The molecule has 3 rings (SSSR count). The molecule has 0 spiro atoms. The Bertz CT molecular complexity index is 1190. The van der Waals surface area contributed by atoms with Crippen molar-refractivity contribution in [1.82, 2.24) is 5.43 Å². The molecule has 0 aliphatic rings. The van der Waals surface area contributed by atoms with Crippen LogP contribution in [0.1, 0.15) is 32.6 Å². The third-order valence-corrected chi connectivity index (χ3v) is 6.12. The Kier molecular flexibility index (Phi) is 8.41. The van der Waals surface area contributed by atoms with Crippen LogP contribution in [-0.2, 0) is 4.79 Å². The molecule has 0 aliphatic carbocycles. The van der Waals surface area contributed by atoms with Crippen LogP contribution in [0.5, 0.6) is 5.75 Å². The molecule has 0 fully saturated rings. The third-order valence-electron chi connectivity index (χ3n) is 4.94. The number of amides is 2. The Morgan fingerprint density at radius 2 is 1.67 bits per heavy atom. The van der Waals surface area contributed by atoms with Gasteiger partial charge in [0.05, 0.1) is 15.2 Å². The Morgan fingerprint density at radius 3 is 2.33 bits per heavy atom. The number of nitrogens with zero attached hydrogens (tertiary/aromatic N) is 1. The van der Waals surface area contributed by atoms with Crippen LogP contribution < -0.4 is 15.5 Å². The molecule has 6 nitrogen and oxygen atoms in total. The van der Waals surface area contributed by atoms with Crippen molar-refractivity contribution in [1.29, 1.82) is 0 Å². The first kappa shape index (κ1) is 24.7. The van der Waals surface area contributed by atoms with E-state index in [1.807, 2.05) is 51.1 Å². The van der Waals surface area contributed by atoms with Gasteiger partial charge in [-0.3, -0.25) is 9.59 Å². The monoisotopic (exact) mass is 571 g/mol. The summed E-state index contributed by atoms with van der Waals surface area (Å²) in [4.78, 5) is 24.5. The number of hydrazone groups is 1. The third kappa shape index (κ3) is 6.76. The van der Waals surface area contributed by atoms with Gasteiger partial charge in [-0.25, -0.2) is 5.43 Å². The highest BCUT2D eigenvalue weighted by molar-refractivity contribution is 9.11. The zero-order chi connectivity index (χ0) is 24.0. The largest absolute Gasteiger partial charge is 0.481 e. The van der Waals surface area contributed by atoms with Crippen LogP contribution >= 0.6 is 31.9 Å². The number of rotatable bonds is 7. The zero-order valence-corrected chi connectivity index (χ0v) is 21.6. The van der Waals surface area contributed by atoms with Crippen molar-refractivity contribution in [3.05, 3.63) is 91.4 Å². The zero-order valence-electron chi connectivity index (χ0n) is 18.4. The Hall–Kier alpha value is -2.97. The SMILES string of the molecule is Cc1ccc(C(=O)N/N=C/c2cc(Br)c(OCC(=O)Nc3cccc(C)c3C)c(Br)c2)cc1. The smallest absolute Gasteiger partial charge is 0.271 e. The fourth-order valence-electron chi connectivity index (χ4n) is 2.94. The van der Waals surface area contributed by atoms with Crippen molar-refractivity contribution in [2.75, 3.05) is 11.9 Å². The van der Waals surface area contributed by atoms with Crippen molar-refractivity contribution < 1.29 is 14.3 Å². The van der Waals surface area contributed by atoms with Crippen molar-refractivity contribution >= 4 is 55.6 Å². The van der Waals surface area contributed by atoms with Gasteiger partial charge in [0.15, 0.2) is 6.61 Å². The molecular formula is C25H23Br2N3O3. The maximum atomic E-state index is 12.4. The molecule has 0 saturated carbocycles. The fourth-order valence-corrected chi connectivity index (χ4v) is 4.39. The van der Waals surface area contributed by atoms with E-state index < -0.39 is 0 Å². The van der Waals surface area contributed by atoms with E-state index in [4.69, 9.17) is 4.74 Å². The number of anilines is 1. The molecule has 0 saturated heterocycles. The lowest BCUT2D eigenvalue weighted by molar-refractivity contribution is -0.118. The normalized spacial score (nSPS) is 10.8. The van der Waals surface area contributed by atoms with Crippen LogP contribution in [0.4, 0.5) is 5.69 Å². The first-order valence-electron chi connectivity index (χ1n) is 10.1. The number of nitrogens with one attached hydrogen (secondary N) is 2. The molecule has 170 valence electrons. The summed E-state index contributed by atoms with van der Waals surface area (Å²) >= 11 is 6.93. The quantitative estimate of drug-likeness (QED) is 0.272. The molecule has 0 unspecified atom stereocenters. The molecule has 0 radical (unpaired) electrons. The molecule has 0 aromatic heterocycles. The number of aryl methyl sites for hydroxylation is 2. The molecule has 3 aromatic carbocycles. The van der Waals surface area contributed by atoms with Crippen molar-refractivity contribution in [3.63, 3.8) is 0 Å². The van der Waals surface area contributed by atoms with E-state index >= 15 is 0 Å². The number of hydrogen-bond donors (Lipinski definition) is 2. The molecule has 0 heterocycles. The maximum absolute atomic E-state index is 12.4. The predicted octanol–water partition coefficient (Wildman–Crippen LogP) is 5.92. The molecule has 2 N–H and O–H groups in total. The molecule has 3 aromatic rings. The summed E-state index contributed by atoms with van der Waals surface area (Å²) in [6.45, 7) is 5.77. The summed E-state index contributed by atoms with van der Waals surface area (Å²) in [5.74, 6) is -0.0573. The summed E-state index contributed by atoms with van der Waals surface area (Å²) in [6.07, 6.45) is 1.53. The van der Waals surface area contributed by atoms with E-state index in [2.05, 4.69) is 47.7 Å². The first-order chi connectivity index (χ1) is 15.7. The number of benzene rings is 3. The first-order valence-corrected chi connectivity index (χ1v) is 11.7. The van der Waals surface area contributed by atoms with Gasteiger partial charge in [0.1, 0.15) is 5.75 Å². The lowest BCUT2D eigenvalue weighted by Crippen LogP contribution is -2.21. The van der Waals surface area contributed by atoms with Gasteiger partial charge in [-0.2, -0.15) is 5.10 Å². The fraction of sp³-hybridized carbons (Fsp3) is 0.160. The van der Waals surface area contributed by atoms with Gasteiger partial charge in [-0.1, -0.05) is 29.8 Å². The topological polar surface area (TPSA) is 79.8 Å². The number of hydrogen-bond acceptors (Lipinski definition) is 4. The molecule has 2 amide bonds. The van der Waals surface area contributed by atoms with Crippen molar-refractivity contribution in [2.45, 2.75) is 20.8 Å². The van der Waals surface area contributed by atoms with Crippen LogP contribution in [0, 0.1) is 20.8 Å². The summed E-state index contributed by atoms with van der Waals surface area (Å²) < 4.78 is 7.00. The van der Waals surface area contributed by atoms with Gasteiger partial charge in [-0.05, 0) is 99.7 Å².